The Bertz CT molecular complexity index is 6330. The van der Waals surface area contributed by atoms with Crippen LogP contribution >= 0.6 is 34.0 Å². The lowest BCUT2D eigenvalue weighted by Crippen LogP contribution is -2.09. The number of furan rings is 2. The molecular formula is C86H52N2O2S3. The van der Waals surface area contributed by atoms with Crippen LogP contribution < -0.4 is 9.80 Å². The Morgan fingerprint density at radius 1 is 0.204 bits per heavy atom. The maximum Gasteiger partial charge on any atom is 0.136 e. The Kier molecular flexibility index (Phi) is 12.5. The van der Waals surface area contributed by atoms with Gasteiger partial charge in [0.1, 0.15) is 22.3 Å². The first-order valence-corrected chi connectivity index (χ1v) is 33.8. The first-order chi connectivity index (χ1) is 46.0. The SMILES string of the molecule is c1ccc(-c2ccc(N(c3ccc4oc5cc6ccccc6cc5c4c3)c3ccc4sc5ccccc5c4c3)cc2)cc1.c1ccc(N(c2ccc3sc4cccc(-c5ccc6c(c5)sc5ccccc56)c4c3c2)c2ccc3oc4ccc5ccccc5c4c3c2)cc1. The van der Waals surface area contributed by atoms with Gasteiger partial charge in [-0.1, -0.05) is 176 Å². The summed E-state index contributed by atoms with van der Waals surface area (Å²) < 4.78 is 20.6. The number of fused-ring (bicyclic) bond motifs is 18. The third-order valence-electron chi connectivity index (χ3n) is 18.5. The van der Waals surface area contributed by atoms with Crippen molar-refractivity contribution < 1.29 is 8.83 Å². The summed E-state index contributed by atoms with van der Waals surface area (Å²) in [5.41, 5.74) is 15.2. The number of thiophene rings is 3. The number of anilines is 6. The lowest BCUT2D eigenvalue weighted by molar-refractivity contribution is 0.669. The molecule has 0 fully saturated rings. The minimum Gasteiger partial charge on any atom is -0.456 e. The molecule has 0 atom stereocenters. The highest BCUT2D eigenvalue weighted by atomic mass is 32.1. The highest BCUT2D eigenvalue weighted by Crippen LogP contribution is 2.48. The first-order valence-electron chi connectivity index (χ1n) is 31.3. The normalized spacial score (nSPS) is 11.9. The summed E-state index contributed by atoms with van der Waals surface area (Å²) in [5, 5.41) is 17.2. The van der Waals surface area contributed by atoms with Crippen LogP contribution in [0.4, 0.5) is 34.1 Å². The van der Waals surface area contributed by atoms with Crippen molar-refractivity contribution in [2.75, 3.05) is 9.80 Å². The molecule has 93 heavy (non-hydrogen) atoms. The van der Waals surface area contributed by atoms with Crippen LogP contribution in [-0.2, 0) is 0 Å². The molecule has 0 radical (unpaired) electrons. The molecular weight excluding hydrogens is 1190 g/mol. The zero-order valence-corrected chi connectivity index (χ0v) is 52.4. The van der Waals surface area contributed by atoms with E-state index in [4.69, 9.17) is 8.83 Å². The molecule has 0 spiro atoms. The van der Waals surface area contributed by atoms with E-state index in [1.807, 2.05) is 34.0 Å². The van der Waals surface area contributed by atoms with Crippen LogP contribution in [-0.4, -0.2) is 0 Å². The van der Waals surface area contributed by atoms with Crippen LogP contribution in [0.15, 0.2) is 324 Å². The van der Waals surface area contributed by atoms with Gasteiger partial charge in [-0.15, -0.1) is 34.0 Å². The van der Waals surface area contributed by atoms with Crippen LogP contribution in [0.2, 0.25) is 0 Å². The third-order valence-corrected chi connectivity index (χ3v) is 21.9. The number of rotatable bonds is 8. The number of hydrogen-bond acceptors (Lipinski definition) is 7. The van der Waals surface area contributed by atoms with E-state index in [9.17, 15) is 0 Å². The molecule has 436 valence electrons. The number of hydrogen-bond donors (Lipinski definition) is 0. The van der Waals surface area contributed by atoms with Crippen molar-refractivity contribution in [2.45, 2.75) is 0 Å². The first kappa shape index (κ1) is 53.5. The van der Waals surface area contributed by atoms with Crippen molar-refractivity contribution in [3.8, 4) is 22.3 Å². The zero-order valence-electron chi connectivity index (χ0n) is 50.0. The zero-order chi connectivity index (χ0) is 61.1. The van der Waals surface area contributed by atoms with Crippen molar-refractivity contribution in [3.63, 3.8) is 0 Å². The maximum absolute atomic E-state index is 6.38. The predicted octanol–water partition coefficient (Wildman–Crippen LogP) is 26.9. The van der Waals surface area contributed by atoms with Gasteiger partial charge in [0.15, 0.2) is 0 Å². The molecule has 7 heteroatoms. The number of para-hydroxylation sites is 1. The highest BCUT2D eigenvalue weighted by molar-refractivity contribution is 7.26. The van der Waals surface area contributed by atoms with E-state index in [2.05, 4.69) is 325 Å². The Morgan fingerprint density at radius 3 is 1.41 bits per heavy atom. The van der Waals surface area contributed by atoms with Gasteiger partial charge in [0.2, 0.25) is 0 Å². The molecule has 0 N–H and O–H groups in total. The van der Waals surface area contributed by atoms with E-state index in [0.717, 1.165) is 78.0 Å². The molecule has 5 heterocycles. The van der Waals surface area contributed by atoms with Crippen LogP contribution in [0.5, 0.6) is 0 Å². The van der Waals surface area contributed by atoms with Gasteiger partial charge in [-0.25, -0.2) is 0 Å². The molecule has 0 unspecified atom stereocenters. The minimum absolute atomic E-state index is 0.896. The molecule has 0 bridgehead atoms. The summed E-state index contributed by atoms with van der Waals surface area (Å²) in [6, 6.07) is 114. The van der Waals surface area contributed by atoms with Crippen molar-refractivity contribution in [2.24, 2.45) is 0 Å². The van der Waals surface area contributed by atoms with Gasteiger partial charge in [-0.2, -0.15) is 0 Å². The monoisotopic (exact) mass is 1240 g/mol. The maximum atomic E-state index is 6.38. The van der Waals surface area contributed by atoms with Crippen LogP contribution in [0.25, 0.3) is 148 Å². The van der Waals surface area contributed by atoms with Gasteiger partial charge in [0, 0.05) is 116 Å². The molecule has 20 aromatic rings. The van der Waals surface area contributed by atoms with Crippen molar-refractivity contribution >= 4 is 194 Å². The fourth-order valence-corrected chi connectivity index (χ4v) is 17.5. The summed E-state index contributed by atoms with van der Waals surface area (Å²) in [4.78, 5) is 4.73. The lowest BCUT2D eigenvalue weighted by atomic mass is 9.98. The summed E-state index contributed by atoms with van der Waals surface area (Å²) >= 11 is 5.59. The Hall–Kier alpha value is -11.3. The van der Waals surface area contributed by atoms with Gasteiger partial charge < -0.3 is 18.6 Å². The molecule has 5 aromatic heterocycles. The third kappa shape index (κ3) is 9.07. The second-order valence-electron chi connectivity index (χ2n) is 23.9. The van der Waals surface area contributed by atoms with Crippen LogP contribution in [0.1, 0.15) is 0 Å². The Balaban J connectivity index is 0.000000134. The molecule has 0 saturated heterocycles. The van der Waals surface area contributed by atoms with Gasteiger partial charge >= 0.3 is 0 Å². The van der Waals surface area contributed by atoms with Crippen LogP contribution in [0, 0.1) is 0 Å². The van der Waals surface area contributed by atoms with Crippen molar-refractivity contribution in [1.82, 2.24) is 0 Å². The summed E-state index contributed by atoms with van der Waals surface area (Å²) in [5.74, 6) is 0. The van der Waals surface area contributed by atoms with E-state index in [0.29, 0.717) is 0 Å². The van der Waals surface area contributed by atoms with Crippen LogP contribution in [0.3, 0.4) is 0 Å². The Morgan fingerprint density at radius 2 is 0.667 bits per heavy atom. The summed E-state index contributed by atoms with van der Waals surface area (Å²) in [6.45, 7) is 0. The smallest absolute Gasteiger partial charge is 0.136 e. The largest absolute Gasteiger partial charge is 0.456 e. The van der Waals surface area contributed by atoms with E-state index >= 15 is 0 Å². The predicted molar refractivity (Wildman–Crippen MR) is 401 cm³/mol. The summed E-state index contributed by atoms with van der Waals surface area (Å²) in [7, 11) is 0. The second kappa shape index (κ2) is 21.7. The van der Waals surface area contributed by atoms with Gasteiger partial charge in [0.05, 0.1) is 0 Å². The fourth-order valence-electron chi connectivity index (χ4n) is 14.1. The number of nitrogens with zero attached hydrogens (tertiary/aromatic N) is 2. The van der Waals surface area contributed by atoms with Crippen molar-refractivity contribution in [1.29, 1.82) is 0 Å². The highest BCUT2D eigenvalue weighted by Gasteiger charge is 2.22. The molecule has 20 rings (SSSR count). The molecule has 4 nitrogen and oxygen atoms in total. The van der Waals surface area contributed by atoms with Gasteiger partial charge in [-0.05, 0) is 183 Å². The van der Waals surface area contributed by atoms with Gasteiger partial charge in [0.25, 0.3) is 0 Å². The van der Waals surface area contributed by atoms with E-state index in [1.54, 1.807) is 0 Å². The molecule has 0 saturated carbocycles. The van der Waals surface area contributed by atoms with E-state index in [-0.39, 0.29) is 0 Å². The standard InChI is InChI=1S/C46H27NOS2.C40H25NOS/c1-2-10-30(11-3-1)47(31-19-23-39-37(26-31)45-33-12-5-4-9-28(33)18-22-40(45)48-39)32-20-24-42-38(27-32)46-34(14-8-16-43(46)49-42)29-17-21-36-35-13-6-7-15-41(35)50-44(36)25-29;1-2-8-26(9-3-1)27-14-16-30(17-15-27)41(32-19-21-40-36(25-32)33-12-6-7-13-39(33)43-40)31-18-20-37-35(24-31)34-22-28-10-4-5-11-29(28)23-38(34)42-37/h1-27H;1-25H. The summed E-state index contributed by atoms with van der Waals surface area (Å²) in [6.07, 6.45) is 0. The quantitative estimate of drug-likeness (QED) is 0.152. The minimum atomic E-state index is 0.896. The number of benzene rings is 15. The molecule has 0 amide bonds. The molecule has 0 aliphatic heterocycles. The fraction of sp³-hybridized carbons (Fsp3) is 0. The molecule has 15 aromatic carbocycles. The van der Waals surface area contributed by atoms with Gasteiger partial charge in [-0.3, -0.25) is 0 Å². The average Bonchev–Trinajstić information content (AvgIpc) is 1.66. The van der Waals surface area contributed by atoms with E-state index in [1.165, 1.54) is 104 Å². The second-order valence-corrected chi connectivity index (χ2v) is 27.1. The lowest BCUT2D eigenvalue weighted by Gasteiger charge is -2.26. The van der Waals surface area contributed by atoms with Crippen molar-refractivity contribution in [3.05, 3.63) is 315 Å². The Labute approximate surface area is 546 Å². The average molecular weight is 1240 g/mol. The van der Waals surface area contributed by atoms with E-state index < -0.39 is 0 Å². The molecule has 0 aliphatic carbocycles. The molecule has 0 aliphatic rings. The topological polar surface area (TPSA) is 32.8 Å².